The number of aromatic nitrogens is 1. The van der Waals surface area contributed by atoms with Gasteiger partial charge in [0.15, 0.2) is 0 Å². The lowest BCUT2D eigenvalue weighted by molar-refractivity contribution is 0.0694. The molecule has 6 nitrogen and oxygen atoms in total. The molecular formula is C19H22FN3O3. The van der Waals surface area contributed by atoms with E-state index < -0.39 is 17.2 Å². The van der Waals surface area contributed by atoms with E-state index in [1.54, 1.807) is 6.07 Å². The van der Waals surface area contributed by atoms with Crippen molar-refractivity contribution in [1.82, 2.24) is 14.8 Å². The first-order valence-electron chi connectivity index (χ1n) is 8.85. The number of carbonyl (C=O) groups is 1. The van der Waals surface area contributed by atoms with Crippen molar-refractivity contribution in [3.8, 4) is 0 Å². The molecule has 0 spiro atoms. The number of nitrogens with zero attached hydrogens (tertiary/aromatic N) is 2. The monoisotopic (exact) mass is 359 g/mol. The Morgan fingerprint density at radius 3 is 2.73 bits per heavy atom. The number of hydrogen-bond acceptors (Lipinski definition) is 4. The third-order valence-electron chi connectivity index (χ3n) is 5.78. The van der Waals surface area contributed by atoms with Gasteiger partial charge in [0, 0.05) is 48.4 Å². The highest BCUT2D eigenvalue weighted by Crippen LogP contribution is 2.44. The van der Waals surface area contributed by atoms with Crippen LogP contribution in [-0.4, -0.2) is 47.2 Å². The molecule has 1 saturated carbocycles. The third kappa shape index (κ3) is 2.62. The lowest BCUT2D eigenvalue weighted by atomic mass is 9.99. The minimum Gasteiger partial charge on any atom is -0.477 e. The fourth-order valence-corrected chi connectivity index (χ4v) is 3.79. The number of nitrogens with one attached hydrogen (secondary N) is 1. The highest BCUT2D eigenvalue weighted by Gasteiger charge is 2.40. The van der Waals surface area contributed by atoms with Crippen LogP contribution in [-0.2, 0) is 5.54 Å². The SMILES string of the molecule is CN1CCNCC1c1cc2c(cc1F)c(=O)c(C(=O)O)cn2C1(C)CC1. The minimum atomic E-state index is -1.28. The summed E-state index contributed by atoms with van der Waals surface area (Å²) in [7, 11) is 1.96. The summed E-state index contributed by atoms with van der Waals surface area (Å²) < 4.78 is 16.7. The molecule has 1 aromatic heterocycles. The molecule has 1 unspecified atom stereocenters. The first-order valence-corrected chi connectivity index (χ1v) is 8.85. The molecule has 2 N–H and O–H groups in total. The van der Waals surface area contributed by atoms with E-state index in [9.17, 15) is 19.1 Å². The predicted molar refractivity (Wildman–Crippen MR) is 96.2 cm³/mol. The third-order valence-corrected chi connectivity index (χ3v) is 5.78. The van der Waals surface area contributed by atoms with Crippen molar-refractivity contribution < 1.29 is 14.3 Å². The number of carboxylic acid groups (broad SMARTS) is 1. The second-order valence-electron chi connectivity index (χ2n) is 7.64. The summed E-state index contributed by atoms with van der Waals surface area (Å²) in [5.41, 5.74) is -0.0204. The van der Waals surface area contributed by atoms with Crippen LogP contribution in [0.1, 0.15) is 41.7 Å². The largest absolute Gasteiger partial charge is 0.477 e. The fraction of sp³-hybridized carbons (Fsp3) is 0.474. The molecule has 0 radical (unpaired) electrons. The molecule has 2 heterocycles. The van der Waals surface area contributed by atoms with Gasteiger partial charge in [-0.05, 0) is 38.9 Å². The summed E-state index contributed by atoms with van der Waals surface area (Å²) in [6, 6.07) is 2.82. The Morgan fingerprint density at radius 1 is 1.38 bits per heavy atom. The van der Waals surface area contributed by atoms with Crippen LogP contribution in [0.2, 0.25) is 0 Å². The van der Waals surface area contributed by atoms with Crippen molar-refractivity contribution in [1.29, 1.82) is 0 Å². The van der Waals surface area contributed by atoms with Crippen LogP contribution in [0, 0.1) is 5.82 Å². The molecule has 2 aliphatic rings. The normalized spacial score (nSPS) is 22.5. The zero-order valence-corrected chi connectivity index (χ0v) is 14.9. The molecular weight excluding hydrogens is 337 g/mol. The first-order chi connectivity index (χ1) is 12.3. The molecule has 7 heteroatoms. The lowest BCUT2D eigenvalue weighted by Crippen LogP contribution is -2.44. The van der Waals surface area contributed by atoms with Crippen molar-refractivity contribution >= 4 is 16.9 Å². The van der Waals surface area contributed by atoms with Gasteiger partial charge in [-0.15, -0.1) is 0 Å². The molecule has 1 atom stereocenters. The molecule has 0 amide bonds. The van der Waals surface area contributed by atoms with Crippen LogP contribution in [0.4, 0.5) is 4.39 Å². The van der Waals surface area contributed by atoms with Gasteiger partial charge in [-0.2, -0.15) is 0 Å². The van der Waals surface area contributed by atoms with Crippen LogP contribution in [0.3, 0.4) is 0 Å². The second-order valence-corrected chi connectivity index (χ2v) is 7.64. The zero-order chi connectivity index (χ0) is 18.6. The molecule has 1 aliphatic heterocycles. The molecule has 2 fully saturated rings. The van der Waals surface area contributed by atoms with E-state index in [2.05, 4.69) is 10.2 Å². The van der Waals surface area contributed by atoms with Gasteiger partial charge in [0.05, 0.1) is 5.52 Å². The Hall–Kier alpha value is -2.25. The summed E-state index contributed by atoms with van der Waals surface area (Å²) in [6.07, 6.45) is 3.23. The number of aromatic carboxylic acids is 1. The molecule has 4 rings (SSSR count). The van der Waals surface area contributed by atoms with Gasteiger partial charge in [-0.1, -0.05) is 0 Å². The Bertz CT molecular complexity index is 965. The van der Waals surface area contributed by atoms with Crippen LogP contribution in [0.5, 0.6) is 0 Å². The van der Waals surface area contributed by atoms with Gasteiger partial charge in [-0.3, -0.25) is 9.69 Å². The smallest absolute Gasteiger partial charge is 0.341 e. The Morgan fingerprint density at radius 2 is 2.12 bits per heavy atom. The number of halogens is 1. The van der Waals surface area contributed by atoms with Gasteiger partial charge in [0.2, 0.25) is 5.43 Å². The lowest BCUT2D eigenvalue weighted by Gasteiger charge is -2.34. The second kappa shape index (κ2) is 5.89. The Labute approximate surface area is 150 Å². The van der Waals surface area contributed by atoms with E-state index in [-0.39, 0.29) is 22.5 Å². The van der Waals surface area contributed by atoms with Gasteiger partial charge in [0.25, 0.3) is 0 Å². The van der Waals surface area contributed by atoms with Crippen molar-refractivity contribution in [3.63, 3.8) is 0 Å². The molecule has 2 aromatic rings. The number of carboxylic acids is 1. The molecule has 1 aliphatic carbocycles. The average Bonchev–Trinajstić information content (AvgIpc) is 3.34. The standard InChI is InChI=1S/C19H22FN3O3/c1-19(3-4-19)23-10-13(18(25)26)17(24)12-7-14(20)11(8-15(12)23)16-9-21-5-6-22(16)2/h7-8,10,16,21H,3-6,9H2,1-2H3,(H,25,26). The van der Waals surface area contributed by atoms with Gasteiger partial charge >= 0.3 is 5.97 Å². The van der Waals surface area contributed by atoms with Crippen LogP contribution < -0.4 is 10.7 Å². The van der Waals surface area contributed by atoms with Crippen molar-refractivity contribution in [2.45, 2.75) is 31.3 Å². The van der Waals surface area contributed by atoms with E-state index in [0.29, 0.717) is 17.6 Å². The predicted octanol–water partition coefficient (Wildman–Crippen LogP) is 1.92. The molecule has 26 heavy (non-hydrogen) atoms. The molecule has 1 aromatic carbocycles. The maximum atomic E-state index is 14.9. The summed E-state index contributed by atoms with van der Waals surface area (Å²) >= 11 is 0. The fourth-order valence-electron chi connectivity index (χ4n) is 3.79. The quantitative estimate of drug-likeness (QED) is 0.876. The highest BCUT2D eigenvalue weighted by molar-refractivity contribution is 5.93. The number of likely N-dealkylation sites (N-methyl/N-ethyl adjacent to an activating group) is 1. The van der Waals surface area contributed by atoms with E-state index in [4.69, 9.17) is 0 Å². The van der Waals surface area contributed by atoms with Crippen molar-refractivity contribution in [2.75, 3.05) is 26.7 Å². The summed E-state index contributed by atoms with van der Waals surface area (Å²) in [5.74, 6) is -1.75. The Kier molecular flexibility index (Phi) is 3.89. The van der Waals surface area contributed by atoms with E-state index in [0.717, 1.165) is 25.9 Å². The number of fused-ring (bicyclic) bond motifs is 1. The van der Waals surface area contributed by atoms with Gasteiger partial charge in [0.1, 0.15) is 11.4 Å². The molecule has 138 valence electrons. The van der Waals surface area contributed by atoms with Crippen molar-refractivity contribution in [3.05, 3.63) is 45.5 Å². The Balaban J connectivity index is 1.99. The molecule has 0 bridgehead atoms. The van der Waals surface area contributed by atoms with Gasteiger partial charge < -0.3 is 15.0 Å². The number of pyridine rings is 1. The average molecular weight is 359 g/mol. The van der Waals surface area contributed by atoms with Crippen LogP contribution in [0.25, 0.3) is 10.9 Å². The zero-order valence-electron chi connectivity index (χ0n) is 14.9. The van der Waals surface area contributed by atoms with E-state index >= 15 is 0 Å². The van der Waals surface area contributed by atoms with Gasteiger partial charge in [-0.25, -0.2) is 9.18 Å². The minimum absolute atomic E-state index is 0.122. The van der Waals surface area contributed by atoms with E-state index in [1.165, 1.54) is 12.3 Å². The number of hydrogen-bond donors (Lipinski definition) is 2. The highest BCUT2D eigenvalue weighted by atomic mass is 19.1. The maximum Gasteiger partial charge on any atom is 0.341 e. The number of piperazine rings is 1. The molecule has 1 saturated heterocycles. The summed E-state index contributed by atoms with van der Waals surface area (Å²) in [5, 5.41) is 12.8. The van der Waals surface area contributed by atoms with Crippen LogP contribution in [0.15, 0.2) is 23.1 Å². The number of rotatable bonds is 3. The topological polar surface area (TPSA) is 74.6 Å². The van der Waals surface area contributed by atoms with Crippen LogP contribution >= 0.6 is 0 Å². The van der Waals surface area contributed by atoms with Crippen molar-refractivity contribution in [2.24, 2.45) is 0 Å². The first kappa shape index (κ1) is 17.2. The van der Waals surface area contributed by atoms with E-state index in [1.807, 2.05) is 18.5 Å². The number of benzene rings is 1. The summed E-state index contributed by atoms with van der Waals surface area (Å²) in [6.45, 7) is 4.32. The summed E-state index contributed by atoms with van der Waals surface area (Å²) in [4.78, 5) is 26.2. The maximum absolute atomic E-state index is 14.9.